The zero-order valence-electron chi connectivity index (χ0n) is 11.3. The molecule has 1 aromatic heterocycles. The van der Waals surface area contributed by atoms with Crippen molar-refractivity contribution in [2.75, 3.05) is 18.0 Å². The van der Waals surface area contributed by atoms with Gasteiger partial charge < -0.3 is 10.2 Å². The van der Waals surface area contributed by atoms with E-state index in [2.05, 4.69) is 20.2 Å². The summed E-state index contributed by atoms with van der Waals surface area (Å²) in [5.74, 6) is 1.36. The molecule has 0 aromatic carbocycles. The van der Waals surface area contributed by atoms with Gasteiger partial charge in [-0.1, -0.05) is 0 Å². The van der Waals surface area contributed by atoms with Crippen LogP contribution in [0.25, 0.3) is 0 Å². The van der Waals surface area contributed by atoms with Crippen molar-refractivity contribution >= 4 is 11.9 Å². The number of carbonyl (C=O) groups is 1. The van der Waals surface area contributed by atoms with E-state index in [4.69, 9.17) is 0 Å². The van der Waals surface area contributed by atoms with Crippen LogP contribution in [-0.4, -0.2) is 35.0 Å². The van der Waals surface area contributed by atoms with E-state index in [-0.39, 0.29) is 5.91 Å². The topological polar surface area (TPSA) is 58.1 Å². The predicted molar refractivity (Wildman–Crippen MR) is 72.9 cm³/mol. The first kappa shape index (κ1) is 12.4. The lowest BCUT2D eigenvalue weighted by Gasteiger charge is -2.32. The summed E-state index contributed by atoms with van der Waals surface area (Å²) in [4.78, 5) is 22.6. The maximum absolute atomic E-state index is 11.7. The van der Waals surface area contributed by atoms with E-state index in [1.807, 2.05) is 19.3 Å². The highest BCUT2D eigenvalue weighted by molar-refractivity contribution is 5.81. The number of aromatic nitrogens is 2. The van der Waals surface area contributed by atoms with Crippen LogP contribution in [0.15, 0.2) is 12.4 Å². The molecule has 1 aliphatic carbocycles. The zero-order chi connectivity index (χ0) is 13.2. The van der Waals surface area contributed by atoms with Crippen molar-refractivity contribution in [2.24, 2.45) is 5.92 Å². The molecule has 5 nitrogen and oxygen atoms in total. The molecule has 102 valence electrons. The Labute approximate surface area is 113 Å². The normalized spacial score (nSPS) is 20.4. The molecule has 1 aromatic rings. The zero-order valence-corrected chi connectivity index (χ0v) is 11.3. The van der Waals surface area contributed by atoms with Crippen LogP contribution in [-0.2, 0) is 4.79 Å². The van der Waals surface area contributed by atoms with Crippen molar-refractivity contribution in [1.82, 2.24) is 15.3 Å². The van der Waals surface area contributed by atoms with Crippen LogP contribution >= 0.6 is 0 Å². The number of hydrogen-bond donors (Lipinski definition) is 1. The van der Waals surface area contributed by atoms with Gasteiger partial charge in [0, 0.05) is 37.4 Å². The van der Waals surface area contributed by atoms with Crippen LogP contribution < -0.4 is 10.2 Å². The van der Waals surface area contributed by atoms with Crippen LogP contribution in [0.5, 0.6) is 0 Å². The van der Waals surface area contributed by atoms with E-state index in [1.165, 1.54) is 0 Å². The highest BCUT2D eigenvalue weighted by atomic mass is 16.2. The highest BCUT2D eigenvalue weighted by Gasteiger charge is 2.31. The maximum Gasteiger partial charge on any atom is 0.225 e. The monoisotopic (exact) mass is 260 g/mol. The number of amides is 1. The smallest absolute Gasteiger partial charge is 0.225 e. The number of piperidine rings is 1. The Morgan fingerprint density at radius 2 is 1.84 bits per heavy atom. The molecule has 0 spiro atoms. The van der Waals surface area contributed by atoms with Gasteiger partial charge >= 0.3 is 0 Å². The van der Waals surface area contributed by atoms with E-state index in [0.29, 0.717) is 12.0 Å². The van der Waals surface area contributed by atoms with Gasteiger partial charge in [-0.3, -0.25) is 4.79 Å². The summed E-state index contributed by atoms with van der Waals surface area (Å²) < 4.78 is 0. The van der Waals surface area contributed by atoms with Crippen molar-refractivity contribution in [1.29, 1.82) is 0 Å². The second-order valence-electron chi connectivity index (χ2n) is 5.60. The Kier molecular flexibility index (Phi) is 3.36. The van der Waals surface area contributed by atoms with Gasteiger partial charge in [0.05, 0.1) is 0 Å². The molecule has 2 heterocycles. The van der Waals surface area contributed by atoms with Gasteiger partial charge in [-0.25, -0.2) is 9.97 Å². The average Bonchev–Trinajstić information content (AvgIpc) is 3.25. The van der Waals surface area contributed by atoms with E-state index in [9.17, 15) is 4.79 Å². The first-order valence-corrected chi connectivity index (χ1v) is 7.06. The lowest BCUT2D eigenvalue weighted by Crippen LogP contribution is -2.45. The minimum Gasteiger partial charge on any atom is -0.353 e. The van der Waals surface area contributed by atoms with Gasteiger partial charge in [0.1, 0.15) is 0 Å². The van der Waals surface area contributed by atoms with Gasteiger partial charge in [0.2, 0.25) is 11.9 Å². The molecule has 2 aliphatic rings. The molecule has 1 N–H and O–H groups in total. The summed E-state index contributed by atoms with van der Waals surface area (Å²) in [6.07, 6.45) is 7.81. The summed E-state index contributed by atoms with van der Waals surface area (Å²) in [6, 6.07) is 0.329. The Morgan fingerprint density at radius 1 is 1.21 bits per heavy atom. The molecule has 3 rings (SSSR count). The number of anilines is 1. The molecule has 1 saturated carbocycles. The second kappa shape index (κ2) is 5.15. The minimum absolute atomic E-state index is 0.255. The number of nitrogens with one attached hydrogen (secondary N) is 1. The van der Waals surface area contributed by atoms with Crippen LogP contribution in [0, 0.1) is 12.8 Å². The Bertz CT molecular complexity index is 447. The number of aryl methyl sites for hydroxylation is 1. The summed E-state index contributed by atoms with van der Waals surface area (Å²) in [6.45, 7) is 3.82. The first-order chi connectivity index (χ1) is 9.22. The molecular formula is C14H20N4O. The molecule has 19 heavy (non-hydrogen) atoms. The van der Waals surface area contributed by atoms with Gasteiger partial charge in [0.15, 0.2) is 0 Å². The molecule has 0 unspecified atom stereocenters. The fourth-order valence-corrected chi connectivity index (χ4v) is 2.44. The fourth-order valence-electron chi connectivity index (χ4n) is 2.44. The summed E-state index contributed by atoms with van der Waals surface area (Å²) in [7, 11) is 0. The quantitative estimate of drug-likeness (QED) is 0.889. The van der Waals surface area contributed by atoms with Crippen molar-refractivity contribution in [2.45, 2.75) is 38.6 Å². The maximum atomic E-state index is 11.7. The van der Waals surface area contributed by atoms with Crippen LogP contribution in [0.4, 0.5) is 5.95 Å². The van der Waals surface area contributed by atoms with Crippen molar-refractivity contribution in [3.63, 3.8) is 0 Å². The van der Waals surface area contributed by atoms with Gasteiger partial charge in [-0.15, -0.1) is 0 Å². The van der Waals surface area contributed by atoms with Crippen LogP contribution in [0.1, 0.15) is 31.2 Å². The third-order valence-corrected chi connectivity index (χ3v) is 3.84. The minimum atomic E-state index is 0.255. The fraction of sp³-hybridized carbons (Fsp3) is 0.643. The Morgan fingerprint density at radius 3 is 2.42 bits per heavy atom. The third-order valence-electron chi connectivity index (χ3n) is 3.84. The molecule has 5 heteroatoms. The summed E-state index contributed by atoms with van der Waals surface area (Å²) in [5.41, 5.74) is 1.08. The third kappa shape index (κ3) is 3.03. The number of carbonyl (C=O) groups excluding carboxylic acids is 1. The number of hydrogen-bond acceptors (Lipinski definition) is 4. The summed E-state index contributed by atoms with van der Waals surface area (Å²) in [5, 5.41) is 3.16. The molecule has 2 fully saturated rings. The van der Waals surface area contributed by atoms with Crippen LogP contribution in [0.3, 0.4) is 0 Å². The average molecular weight is 260 g/mol. The summed E-state index contributed by atoms with van der Waals surface area (Å²) >= 11 is 0. The lowest BCUT2D eigenvalue weighted by molar-refractivity contribution is -0.123. The molecule has 1 aliphatic heterocycles. The molecule has 0 bridgehead atoms. The van der Waals surface area contributed by atoms with E-state index < -0.39 is 0 Å². The molecule has 1 amide bonds. The number of nitrogens with zero attached hydrogens (tertiary/aromatic N) is 3. The highest BCUT2D eigenvalue weighted by Crippen LogP contribution is 2.29. The second-order valence-corrected chi connectivity index (χ2v) is 5.60. The van der Waals surface area contributed by atoms with E-state index >= 15 is 0 Å². The molecule has 0 radical (unpaired) electrons. The van der Waals surface area contributed by atoms with Gasteiger partial charge in [-0.05, 0) is 38.2 Å². The first-order valence-electron chi connectivity index (χ1n) is 7.06. The Hall–Kier alpha value is -1.65. The Balaban J connectivity index is 1.51. The van der Waals surface area contributed by atoms with Crippen LogP contribution in [0.2, 0.25) is 0 Å². The van der Waals surface area contributed by atoms with Crippen molar-refractivity contribution in [3.05, 3.63) is 18.0 Å². The molecule has 0 atom stereocenters. The number of rotatable bonds is 3. The SMILES string of the molecule is Cc1cnc(N2CCC(NC(=O)C3CC3)CC2)nc1. The molecule has 1 saturated heterocycles. The van der Waals surface area contributed by atoms with Crippen molar-refractivity contribution in [3.8, 4) is 0 Å². The predicted octanol–water partition coefficient (Wildman–Crippen LogP) is 1.28. The lowest BCUT2D eigenvalue weighted by atomic mass is 10.1. The van der Waals surface area contributed by atoms with E-state index in [0.717, 1.165) is 50.3 Å². The van der Waals surface area contributed by atoms with Crippen molar-refractivity contribution < 1.29 is 4.79 Å². The van der Waals surface area contributed by atoms with Gasteiger partial charge in [0.25, 0.3) is 0 Å². The van der Waals surface area contributed by atoms with Gasteiger partial charge in [-0.2, -0.15) is 0 Å². The molecular weight excluding hydrogens is 240 g/mol. The standard InChI is InChI=1S/C14H20N4O/c1-10-8-15-14(16-9-10)18-6-4-12(5-7-18)17-13(19)11-2-3-11/h8-9,11-12H,2-7H2,1H3,(H,17,19). The largest absolute Gasteiger partial charge is 0.353 e. The van der Waals surface area contributed by atoms with E-state index in [1.54, 1.807) is 0 Å².